The minimum absolute atomic E-state index is 0.133. The van der Waals surface area contributed by atoms with Crippen molar-refractivity contribution in [2.75, 3.05) is 0 Å². The molecule has 1 heterocycles. The number of benzene rings is 1. The Hall–Kier alpha value is -1.61. The molecule has 0 saturated heterocycles. The normalized spacial score (nSPS) is 12.7. The van der Waals surface area contributed by atoms with E-state index in [1.165, 1.54) is 0 Å². The number of hydrogen-bond acceptors (Lipinski definition) is 2. The van der Waals surface area contributed by atoms with Crippen LogP contribution >= 0.6 is 0 Å². The molecule has 15 heavy (non-hydrogen) atoms. The van der Waals surface area contributed by atoms with E-state index < -0.39 is 0 Å². The first-order valence-corrected chi connectivity index (χ1v) is 5.10. The van der Waals surface area contributed by atoms with Gasteiger partial charge in [-0.25, -0.2) is 0 Å². The van der Waals surface area contributed by atoms with Crippen molar-refractivity contribution in [3.63, 3.8) is 0 Å². The van der Waals surface area contributed by atoms with Crippen molar-refractivity contribution in [1.82, 2.24) is 9.78 Å². The van der Waals surface area contributed by atoms with Gasteiger partial charge < -0.3 is 5.73 Å². The van der Waals surface area contributed by atoms with Gasteiger partial charge in [-0.1, -0.05) is 30.3 Å². The predicted molar refractivity (Wildman–Crippen MR) is 61.3 cm³/mol. The number of nitrogens with zero attached hydrogens (tertiary/aromatic N) is 2. The third-order valence-electron chi connectivity index (χ3n) is 2.19. The summed E-state index contributed by atoms with van der Waals surface area (Å²) in [6, 6.07) is 12.3. The first-order chi connectivity index (χ1) is 7.25. The Morgan fingerprint density at radius 1 is 1.27 bits per heavy atom. The molecule has 0 aliphatic heterocycles. The molecule has 2 rings (SSSR count). The maximum absolute atomic E-state index is 5.71. The van der Waals surface area contributed by atoms with Crippen LogP contribution in [0.1, 0.15) is 6.92 Å². The van der Waals surface area contributed by atoms with Gasteiger partial charge in [0, 0.05) is 17.8 Å². The van der Waals surface area contributed by atoms with Crippen molar-refractivity contribution in [2.24, 2.45) is 5.73 Å². The molecule has 0 fully saturated rings. The highest BCUT2D eigenvalue weighted by atomic mass is 15.3. The maximum atomic E-state index is 5.71. The van der Waals surface area contributed by atoms with Gasteiger partial charge in [-0.15, -0.1) is 0 Å². The van der Waals surface area contributed by atoms with Crippen LogP contribution in [0.25, 0.3) is 11.3 Å². The second kappa shape index (κ2) is 4.28. The lowest BCUT2D eigenvalue weighted by molar-refractivity contribution is 0.540. The van der Waals surface area contributed by atoms with Gasteiger partial charge in [-0.05, 0) is 13.0 Å². The van der Waals surface area contributed by atoms with Gasteiger partial charge in [0.1, 0.15) is 0 Å². The SMILES string of the molecule is CC(N)Cn1ccc(-c2ccccc2)n1. The van der Waals surface area contributed by atoms with Crippen LogP contribution in [0.15, 0.2) is 42.6 Å². The zero-order valence-electron chi connectivity index (χ0n) is 8.80. The number of aromatic nitrogens is 2. The van der Waals surface area contributed by atoms with Crippen molar-refractivity contribution in [2.45, 2.75) is 19.5 Å². The van der Waals surface area contributed by atoms with Crippen molar-refractivity contribution in [1.29, 1.82) is 0 Å². The van der Waals surface area contributed by atoms with E-state index in [2.05, 4.69) is 17.2 Å². The summed E-state index contributed by atoms with van der Waals surface area (Å²) in [7, 11) is 0. The van der Waals surface area contributed by atoms with Crippen LogP contribution in [0.3, 0.4) is 0 Å². The highest BCUT2D eigenvalue weighted by molar-refractivity contribution is 5.57. The fourth-order valence-corrected chi connectivity index (χ4v) is 1.52. The first kappa shape index (κ1) is 9.93. The van der Waals surface area contributed by atoms with E-state index in [-0.39, 0.29) is 6.04 Å². The molecule has 1 aromatic carbocycles. The third-order valence-corrected chi connectivity index (χ3v) is 2.19. The van der Waals surface area contributed by atoms with E-state index in [1.54, 1.807) is 0 Å². The fourth-order valence-electron chi connectivity index (χ4n) is 1.52. The molecule has 2 aromatic rings. The van der Waals surface area contributed by atoms with Gasteiger partial charge >= 0.3 is 0 Å². The number of nitrogens with two attached hydrogens (primary N) is 1. The van der Waals surface area contributed by atoms with E-state index in [0.29, 0.717) is 0 Å². The third kappa shape index (κ3) is 2.44. The van der Waals surface area contributed by atoms with Crippen molar-refractivity contribution in [3.8, 4) is 11.3 Å². The summed E-state index contributed by atoms with van der Waals surface area (Å²) in [6.07, 6.45) is 1.96. The number of hydrogen-bond donors (Lipinski definition) is 1. The van der Waals surface area contributed by atoms with Gasteiger partial charge in [0.2, 0.25) is 0 Å². The van der Waals surface area contributed by atoms with Crippen LogP contribution in [-0.2, 0) is 6.54 Å². The molecule has 0 saturated carbocycles. The molecule has 0 amide bonds. The Bertz CT molecular complexity index is 417. The zero-order chi connectivity index (χ0) is 10.7. The molecule has 1 atom stereocenters. The smallest absolute Gasteiger partial charge is 0.0923 e. The summed E-state index contributed by atoms with van der Waals surface area (Å²) in [5, 5.41) is 4.46. The van der Waals surface area contributed by atoms with E-state index in [1.807, 2.05) is 42.1 Å². The van der Waals surface area contributed by atoms with Crippen LogP contribution in [-0.4, -0.2) is 15.8 Å². The standard InChI is InChI=1S/C12H15N3/c1-10(13)9-15-8-7-12(14-15)11-5-3-2-4-6-11/h2-8,10H,9,13H2,1H3. The van der Waals surface area contributed by atoms with Gasteiger partial charge in [0.25, 0.3) is 0 Å². The minimum Gasteiger partial charge on any atom is -0.326 e. The summed E-state index contributed by atoms with van der Waals surface area (Å²) >= 11 is 0. The molecule has 1 aromatic heterocycles. The van der Waals surface area contributed by atoms with Gasteiger partial charge in [-0.3, -0.25) is 4.68 Å². The average Bonchev–Trinajstić information content (AvgIpc) is 2.67. The van der Waals surface area contributed by atoms with E-state index in [0.717, 1.165) is 17.8 Å². The second-order valence-corrected chi connectivity index (χ2v) is 3.77. The maximum Gasteiger partial charge on any atom is 0.0923 e. The summed E-state index contributed by atoms with van der Waals surface area (Å²) < 4.78 is 1.88. The van der Waals surface area contributed by atoms with Gasteiger partial charge in [-0.2, -0.15) is 5.10 Å². The largest absolute Gasteiger partial charge is 0.326 e. The Kier molecular flexibility index (Phi) is 2.83. The summed E-state index contributed by atoms with van der Waals surface area (Å²) in [5.41, 5.74) is 7.85. The Labute approximate surface area is 89.5 Å². The van der Waals surface area contributed by atoms with Crippen molar-refractivity contribution < 1.29 is 0 Å². The van der Waals surface area contributed by atoms with Crippen LogP contribution in [0, 0.1) is 0 Å². The monoisotopic (exact) mass is 201 g/mol. The Morgan fingerprint density at radius 2 is 2.00 bits per heavy atom. The summed E-state index contributed by atoms with van der Waals surface area (Å²) in [4.78, 5) is 0. The van der Waals surface area contributed by atoms with E-state index in [4.69, 9.17) is 5.73 Å². The van der Waals surface area contributed by atoms with Crippen LogP contribution in [0.2, 0.25) is 0 Å². The molecule has 0 radical (unpaired) electrons. The molecule has 0 aliphatic rings. The first-order valence-electron chi connectivity index (χ1n) is 5.10. The highest BCUT2D eigenvalue weighted by Gasteiger charge is 2.02. The predicted octanol–water partition coefficient (Wildman–Crippen LogP) is 1.90. The molecular formula is C12H15N3. The molecule has 78 valence electrons. The summed E-state index contributed by atoms with van der Waals surface area (Å²) in [5.74, 6) is 0. The molecule has 3 heteroatoms. The topological polar surface area (TPSA) is 43.8 Å². The highest BCUT2D eigenvalue weighted by Crippen LogP contribution is 2.15. The molecule has 1 unspecified atom stereocenters. The Morgan fingerprint density at radius 3 is 2.67 bits per heavy atom. The van der Waals surface area contributed by atoms with Gasteiger partial charge in [0.15, 0.2) is 0 Å². The average molecular weight is 201 g/mol. The number of rotatable bonds is 3. The molecule has 3 nitrogen and oxygen atoms in total. The lowest BCUT2D eigenvalue weighted by Crippen LogP contribution is -2.22. The van der Waals surface area contributed by atoms with E-state index in [9.17, 15) is 0 Å². The van der Waals surface area contributed by atoms with Crippen LogP contribution < -0.4 is 5.73 Å². The van der Waals surface area contributed by atoms with Gasteiger partial charge in [0.05, 0.1) is 12.2 Å². The fraction of sp³-hybridized carbons (Fsp3) is 0.250. The molecular weight excluding hydrogens is 186 g/mol. The lowest BCUT2D eigenvalue weighted by atomic mass is 10.2. The second-order valence-electron chi connectivity index (χ2n) is 3.77. The molecule has 0 aliphatic carbocycles. The minimum atomic E-state index is 0.133. The Balaban J connectivity index is 2.21. The lowest BCUT2D eigenvalue weighted by Gasteiger charge is -2.04. The zero-order valence-corrected chi connectivity index (χ0v) is 8.80. The molecule has 0 spiro atoms. The molecule has 0 bridgehead atoms. The van der Waals surface area contributed by atoms with Crippen molar-refractivity contribution in [3.05, 3.63) is 42.6 Å². The van der Waals surface area contributed by atoms with Crippen LogP contribution in [0.5, 0.6) is 0 Å². The van der Waals surface area contributed by atoms with Crippen LogP contribution in [0.4, 0.5) is 0 Å². The quantitative estimate of drug-likeness (QED) is 0.824. The summed E-state index contributed by atoms with van der Waals surface area (Å²) in [6.45, 7) is 2.73. The molecule has 2 N–H and O–H groups in total. The van der Waals surface area contributed by atoms with Crippen molar-refractivity contribution >= 4 is 0 Å². The van der Waals surface area contributed by atoms with E-state index >= 15 is 0 Å².